The van der Waals surface area contributed by atoms with Crippen LogP contribution in [0.4, 0.5) is 8.78 Å². The van der Waals surface area contributed by atoms with E-state index in [1.54, 1.807) is 6.92 Å². The molecule has 0 saturated carbocycles. The number of ether oxygens (including phenoxy) is 1. The van der Waals surface area contributed by atoms with Gasteiger partial charge in [0.05, 0.1) is 18.5 Å². The van der Waals surface area contributed by atoms with E-state index in [1.165, 1.54) is 7.11 Å². The fourth-order valence-electron chi connectivity index (χ4n) is 1.92. The van der Waals surface area contributed by atoms with Gasteiger partial charge in [-0.05, 0) is 18.6 Å². The van der Waals surface area contributed by atoms with Crippen molar-refractivity contribution in [1.82, 2.24) is 0 Å². The van der Waals surface area contributed by atoms with Gasteiger partial charge in [0.25, 0.3) is 0 Å². The number of hydrogen-bond acceptors (Lipinski definition) is 3. The van der Waals surface area contributed by atoms with Crippen LogP contribution in [0, 0.1) is 18.6 Å². The maximum Gasteiger partial charge on any atom is 0.170 e. The Morgan fingerprint density at radius 3 is 2.71 bits per heavy atom. The van der Waals surface area contributed by atoms with E-state index < -0.39 is 11.6 Å². The molecule has 0 unspecified atom stereocenters. The third-order valence-corrected chi connectivity index (χ3v) is 2.70. The maximum atomic E-state index is 13.8. The van der Waals surface area contributed by atoms with Crippen LogP contribution in [-0.2, 0) is 17.9 Å². The van der Waals surface area contributed by atoms with Crippen molar-refractivity contribution in [1.29, 1.82) is 0 Å². The van der Waals surface area contributed by atoms with Crippen molar-refractivity contribution in [3.05, 3.63) is 34.6 Å². The second kappa shape index (κ2) is 4.43. The number of methoxy groups -OCH3 is 1. The van der Waals surface area contributed by atoms with Crippen molar-refractivity contribution >= 4 is 11.0 Å². The average molecular weight is 241 g/mol. The van der Waals surface area contributed by atoms with E-state index in [4.69, 9.17) is 14.9 Å². The van der Waals surface area contributed by atoms with Crippen molar-refractivity contribution in [2.45, 2.75) is 20.1 Å². The number of fused-ring (bicyclic) bond motifs is 1. The first kappa shape index (κ1) is 12.0. The zero-order valence-corrected chi connectivity index (χ0v) is 9.64. The Bertz CT molecular complexity index is 563. The molecule has 2 N–H and O–H groups in total. The van der Waals surface area contributed by atoms with E-state index >= 15 is 0 Å². The average Bonchev–Trinajstić information content (AvgIpc) is 2.66. The first-order valence-electron chi connectivity index (χ1n) is 5.18. The van der Waals surface area contributed by atoms with Gasteiger partial charge >= 0.3 is 0 Å². The number of furan rings is 1. The normalized spacial score (nSPS) is 11.4. The molecule has 0 aliphatic carbocycles. The predicted molar refractivity (Wildman–Crippen MR) is 59.5 cm³/mol. The Balaban J connectivity index is 2.84. The highest BCUT2D eigenvalue weighted by Crippen LogP contribution is 2.32. The lowest BCUT2D eigenvalue weighted by Gasteiger charge is -2.01. The van der Waals surface area contributed by atoms with Crippen molar-refractivity contribution in [3.8, 4) is 0 Å². The smallest absolute Gasteiger partial charge is 0.170 e. The fraction of sp³-hybridized carbons (Fsp3) is 0.333. The van der Waals surface area contributed by atoms with Crippen LogP contribution in [0.25, 0.3) is 11.0 Å². The van der Waals surface area contributed by atoms with Crippen LogP contribution in [0.3, 0.4) is 0 Å². The third-order valence-electron chi connectivity index (χ3n) is 2.70. The lowest BCUT2D eigenvalue weighted by atomic mass is 10.1. The van der Waals surface area contributed by atoms with Crippen molar-refractivity contribution in [2.24, 2.45) is 5.73 Å². The molecule has 0 amide bonds. The van der Waals surface area contributed by atoms with Gasteiger partial charge in [-0.1, -0.05) is 0 Å². The van der Waals surface area contributed by atoms with Crippen LogP contribution >= 0.6 is 0 Å². The number of benzene rings is 1. The Labute approximate surface area is 97.2 Å². The molecule has 5 heteroatoms. The second-order valence-electron chi connectivity index (χ2n) is 3.83. The van der Waals surface area contributed by atoms with Gasteiger partial charge in [0.1, 0.15) is 11.3 Å². The van der Waals surface area contributed by atoms with Crippen molar-refractivity contribution < 1.29 is 17.9 Å². The molecule has 0 fully saturated rings. The van der Waals surface area contributed by atoms with Gasteiger partial charge in [-0.25, -0.2) is 8.78 Å². The molecule has 1 heterocycles. The number of halogens is 2. The number of nitrogens with two attached hydrogens (primary N) is 1. The van der Waals surface area contributed by atoms with Crippen LogP contribution < -0.4 is 5.73 Å². The highest BCUT2D eigenvalue weighted by atomic mass is 19.2. The van der Waals surface area contributed by atoms with Crippen molar-refractivity contribution in [2.75, 3.05) is 7.11 Å². The highest BCUT2D eigenvalue weighted by Gasteiger charge is 2.21. The topological polar surface area (TPSA) is 48.4 Å². The molecule has 0 atom stereocenters. The van der Waals surface area contributed by atoms with Crippen LogP contribution in [0.1, 0.15) is 16.9 Å². The molecule has 0 radical (unpaired) electrons. The highest BCUT2D eigenvalue weighted by molar-refractivity contribution is 5.85. The minimum absolute atomic E-state index is 0.119. The zero-order valence-electron chi connectivity index (χ0n) is 9.64. The molecule has 0 spiro atoms. The lowest BCUT2D eigenvalue weighted by Crippen LogP contribution is -2.00. The quantitative estimate of drug-likeness (QED) is 0.898. The van der Waals surface area contributed by atoms with Crippen LogP contribution in [0.15, 0.2) is 10.5 Å². The molecule has 3 nitrogen and oxygen atoms in total. The Kier molecular flexibility index (Phi) is 3.13. The number of aryl methyl sites for hydroxylation is 1. The summed E-state index contributed by atoms with van der Waals surface area (Å²) < 4.78 is 37.6. The summed E-state index contributed by atoms with van der Waals surface area (Å²) in [4.78, 5) is 0. The number of rotatable bonds is 3. The molecule has 0 saturated heterocycles. The summed E-state index contributed by atoms with van der Waals surface area (Å²) >= 11 is 0. The van der Waals surface area contributed by atoms with Crippen molar-refractivity contribution in [3.63, 3.8) is 0 Å². The maximum absolute atomic E-state index is 13.8. The summed E-state index contributed by atoms with van der Waals surface area (Å²) in [7, 11) is 1.48. The molecule has 1 aromatic heterocycles. The lowest BCUT2D eigenvalue weighted by molar-refractivity contribution is 0.183. The predicted octanol–water partition coefficient (Wildman–Crippen LogP) is 2.62. The summed E-state index contributed by atoms with van der Waals surface area (Å²) in [5, 5.41) is 0.129. The van der Waals surface area contributed by atoms with Crippen LogP contribution in [0.2, 0.25) is 0 Å². The molecule has 2 rings (SSSR count). The molecular weight excluding hydrogens is 228 g/mol. The Morgan fingerprint density at radius 2 is 2.12 bits per heavy atom. The summed E-state index contributed by atoms with van der Waals surface area (Å²) in [6.45, 7) is 1.92. The van der Waals surface area contributed by atoms with E-state index in [0.717, 1.165) is 6.07 Å². The molecule has 1 aromatic carbocycles. The molecule has 2 aromatic rings. The minimum atomic E-state index is -0.916. The van der Waals surface area contributed by atoms with E-state index in [9.17, 15) is 8.78 Å². The molecule has 17 heavy (non-hydrogen) atoms. The molecule has 92 valence electrons. The first-order valence-corrected chi connectivity index (χ1v) is 5.18. The zero-order chi connectivity index (χ0) is 12.6. The number of hydrogen-bond donors (Lipinski definition) is 1. The van der Waals surface area contributed by atoms with Gasteiger partial charge in [0.2, 0.25) is 0 Å². The van der Waals surface area contributed by atoms with E-state index in [1.807, 2.05) is 0 Å². The second-order valence-corrected chi connectivity index (χ2v) is 3.83. The summed E-state index contributed by atoms with van der Waals surface area (Å²) in [5.74, 6) is -1.38. The standard InChI is InChI=1S/C12H13F2NO2/c1-6-3-8(13)11(14)10-7(5-16-2)9(4-15)17-12(6)10/h3H,4-5,15H2,1-2H3. The van der Waals surface area contributed by atoms with Crippen LogP contribution in [-0.4, -0.2) is 7.11 Å². The molecule has 0 bridgehead atoms. The van der Waals surface area contributed by atoms with E-state index in [-0.39, 0.29) is 18.5 Å². The Hall–Kier alpha value is -1.46. The van der Waals surface area contributed by atoms with Gasteiger partial charge in [-0.3, -0.25) is 0 Å². The summed E-state index contributed by atoms with van der Waals surface area (Å²) in [6.07, 6.45) is 0. The van der Waals surface area contributed by atoms with Gasteiger partial charge in [0, 0.05) is 12.7 Å². The van der Waals surface area contributed by atoms with Crippen LogP contribution in [0.5, 0.6) is 0 Å². The molecule has 0 aliphatic heterocycles. The SMILES string of the molecule is COCc1c(CN)oc2c(C)cc(F)c(F)c12. The first-order chi connectivity index (χ1) is 8.10. The van der Waals surface area contributed by atoms with E-state index in [2.05, 4.69) is 0 Å². The van der Waals surface area contributed by atoms with Gasteiger partial charge in [0.15, 0.2) is 11.6 Å². The third kappa shape index (κ3) is 1.81. The summed E-state index contributed by atoms with van der Waals surface area (Å²) in [5.41, 5.74) is 6.86. The van der Waals surface area contributed by atoms with Gasteiger partial charge in [-0.15, -0.1) is 0 Å². The largest absolute Gasteiger partial charge is 0.459 e. The molecular formula is C12H13F2NO2. The summed E-state index contributed by atoms with van der Waals surface area (Å²) in [6, 6.07) is 1.11. The minimum Gasteiger partial charge on any atom is -0.459 e. The Morgan fingerprint density at radius 1 is 1.41 bits per heavy atom. The van der Waals surface area contributed by atoms with Gasteiger partial charge in [-0.2, -0.15) is 0 Å². The fourth-order valence-corrected chi connectivity index (χ4v) is 1.92. The van der Waals surface area contributed by atoms with E-state index in [0.29, 0.717) is 22.5 Å². The van der Waals surface area contributed by atoms with Gasteiger partial charge < -0.3 is 14.9 Å². The molecule has 0 aliphatic rings. The monoisotopic (exact) mass is 241 g/mol.